The Bertz CT molecular complexity index is 252. The van der Waals surface area contributed by atoms with Gasteiger partial charge in [0.1, 0.15) is 0 Å². The van der Waals surface area contributed by atoms with Crippen molar-refractivity contribution >= 4 is 5.91 Å². The number of carbonyl (C=O) groups is 1. The van der Waals surface area contributed by atoms with Crippen molar-refractivity contribution in [2.24, 2.45) is 17.8 Å². The van der Waals surface area contributed by atoms with Gasteiger partial charge in [-0.1, -0.05) is 20.8 Å². The third kappa shape index (κ3) is 1.78. The lowest BCUT2D eigenvalue weighted by Gasteiger charge is -2.28. The van der Waals surface area contributed by atoms with Gasteiger partial charge < -0.3 is 10.2 Å². The minimum atomic E-state index is 0.144. The molecule has 0 aromatic rings. The maximum atomic E-state index is 12.1. The number of nitrogens with zero attached hydrogens (tertiary/aromatic N) is 1. The van der Waals surface area contributed by atoms with Crippen molar-refractivity contribution in [1.29, 1.82) is 0 Å². The molecule has 2 aliphatic heterocycles. The fourth-order valence-corrected chi connectivity index (χ4v) is 3.13. The summed E-state index contributed by atoms with van der Waals surface area (Å²) in [6.45, 7) is 9.38. The number of amides is 1. The Hall–Kier alpha value is -0.570. The Morgan fingerprint density at radius 1 is 1.47 bits per heavy atom. The first-order valence-corrected chi connectivity index (χ1v) is 6.16. The van der Waals surface area contributed by atoms with Crippen molar-refractivity contribution in [3.8, 4) is 0 Å². The molecule has 3 nitrogen and oxygen atoms in total. The number of hydrogen-bond donors (Lipinski definition) is 1. The first-order chi connectivity index (χ1) is 7.15. The number of nitrogens with one attached hydrogen (secondary N) is 1. The van der Waals surface area contributed by atoms with Crippen molar-refractivity contribution in [2.75, 3.05) is 19.6 Å². The zero-order chi connectivity index (χ0) is 11.0. The number of rotatable bonds is 2. The molecule has 15 heavy (non-hydrogen) atoms. The van der Waals surface area contributed by atoms with Gasteiger partial charge in [0, 0.05) is 31.6 Å². The molecule has 0 spiro atoms. The smallest absolute Gasteiger partial charge is 0.225 e. The molecular formula is C12H22N2O. The molecule has 86 valence electrons. The highest BCUT2D eigenvalue weighted by molar-refractivity contribution is 5.78. The highest BCUT2D eigenvalue weighted by Gasteiger charge is 2.45. The molecule has 2 aliphatic rings. The van der Waals surface area contributed by atoms with Crippen LogP contribution in [0.4, 0.5) is 0 Å². The SMILES string of the molecule is CCC1C2CNCC2CN1C(=O)C(C)C. The molecule has 1 amide bonds. The van der Waals surface area contributed by atoms with Crippen LogP contribution >= 0.6 is 0 Å². The van der Waals surface area contributed by atoms with Gasteiger partial charge in [0.25, 0.3) is 0 Å². The molecule has 0 bridgehead atoms. The zero-order valence-electron chi connectivity index (χ0n) is 9.99. The molecule has 2 saturated heterocycles. The summed E-state index contributed by atoms with van der Waals surface area (Å²) in [5.74, 6) is 1.90. The summed E-state index contributed by atoms with van der Waals surface area (Å²) in [5, 5.41) is 3.44. The van der Waals surface area contributed by atoms with E-state index in [0.29, 0.717) is 23.8 Å². The summed E-state index contributed by atoms with van der Waals surface area (Å²) >= 11 is 0. The van der Waals surface area contributed by atoms with Gasteiger partial charge in [0.2, 0.25) is 5.91 Å². The highest BCUT2D eigenvalue weighted by atomic mass is 16.2. The summed E-state index contributed by atoms with van der Waals surface area (Å²) < 4.78 is 0. The average Bonchev–Trinajstić information content (AvgIpc) is 2.74. The van der Waals surface area contributed by atoms with Crippen LogP contribution in [0.15, 0.2) is 0 Å². The Kier molecular flexibility index (Phi) is 3.01. The normalized spacial score (nSPS) is 34.9. The topological polar surface area (TPSA) is 32.3 Å². The molecule has 1 N–H and O–H groups in total. The van der Waals surface area contributed by atoms with Gasteiger partial charge in [-0.2, -0.15) is 0 Å². The fourth-order valence-electron chi connectivity index (χ4n) is 3.13. The van der Waals surface area contributed by atoms with Crippen LogP contribution in [-0.4, -0.2) is 36.5 Å². The molecule has 0 saturated carbocycles. The second-order valence-electron chi connectivity index (χ2n) is 5.20. The predicted molar refractivity (Wildman–Crippen MR) is 60.5 cm³/mol. The summed E-state index contributed by atoms with van der Waals surface area (Å²) in [5.41, 5.74) is 0. The van der Waals surface area contributed by atoms with E-state index >= 15 is 0 Å². The zero-order valence-corrected chi connectivity index (χ0v) is 9.99. The summed E-state index contributed by atoms with van der Waals surface area (Å²) in [6, 6.07) is 0.486. The van der Waals surface area contributed by atoms with E-state index < -0.39 is 0 Å². The summed E-state index contributed by atoms with van der Waals surface area (Å²) in [6.07, 6.45) is 1.10. The van der Waals surface area contributed by atoms with Crippen molar-refractivity contribution in [3.05, 3.63) is 0 Å². The van der Waals surface area contributed by atoms with Crippen LogP contribution in [0, 0.1) is 17.8 Å². The van der Waals surface area contributed by atoms with Crippen molar-refractivity contribution in [3.63, 3.8) is 0 Å². The van der Waals surface area contributed by atoms with Crippen LogP contribution in [0.1, 0.15) is 27.2 Å². The fraction of sp³-hybridized carbons (Fsp3) is 0.917. The van der Waals surface area contributed by atoms with Gasteiger partial charge >= 0.3 is 0 Å². The van der Waals surface area contributed by atoms with Crippen LogP contribution in [0.2, 0.25) is 0 Å². The predicted octanol–water partition coefficient (Wildman–Crippen LogP) is 1.10. The Balaban J connectivity index is 2.10. The van der Waals surface area contributed by atoms with E-state index in [2.05, 4.69) is 17.1 Å². The third-order valence-corrected chi connectivity index (χ3v) is 3.91. The highest BCUT2D eigenvalue weighted by Crippen LogP contribution is 2.34. The van der Waals surface area contributed by atoms with Gasteiger partial charge in [-0.05, 0) is 18.3 Å². The molecule has 3 unspecified atom stereocenters. The first kappa shape index (κ1) is 10.9. The molecule has 2 heterocycles. The first-order valence-electron chi connectivity index (χ1n) is 6.16. The van der Waals surface area contributed by atoms with E-state index in [1.54, 1.807) is 0 Å². The minimum absolute atomic E-state index is 0.144. The van der Waals surface area contributed by atoms with E-state index in [1.807, 2.05) is 13.8 Å². The van der Waals surface area contributed by atoms with E-state index in [0.717, 1.165) is 26.1 Å². The van der Waals surface area contributed by atoms with Crippen LogP contribution in [0.25, 0.3) is 0 Å². The number of carbonyl (C=O) groups excluding carboxylic acids is 1. The van der Waals surface area contributed by atoms with Crippen LogP contribution < -0.4 is 5.32 Å². The lowest BCUT2D eigenvalue weighted by atomic mass is 9.93. The molecule has 3 atom stereocenters. The minimum Gasteiger partial charge on any atom is -0.339 e. The van der Waals surface area contributed by atoms with E-state index in [9.17, 15) is 4.79 Å². The summed E-state index contributed by atoms with van der Waals surface area (Å²) in [4.78, 5) is 14.2. The van der Waals surface area contributed by atoms with Gasteiger partial charge in [-0.3, -0.25) is 4.79 Å². The van der Waals surface area contributed by atoms with Crippen molar-refractivity contribution in [1.82, 2.24) is 10.2 Å². The van der Waals surface area contributed by atoms with Gasteiger partial charge in [0.15, 0.2) is 0 Å². The quantitative estimate of drug-likeness (QED) is 0.740. The van der Waals surface area contributed by atoms with Gasteiger partial charge in [0.05, 0.1) is 0 Å². The van der Waals surface area contributed by atoms with E-state index in [-0.39, 0.29) is 5.92 Å². The van der Waals surface area contributed by atoms with Crippen LogP contribution in [0.3, 0.4) is 0 Å². The molecule has 0 aromatic carbocycles. The van der Waals surface area contributed by atoms with Gasteiger partial charge in [-0.15, -0.1) is 0 Å². The Morgan fingerprint density at radius 3 is 2.80 bits per heavy atom. The maximum absolute atomic E-state index is 12.1. The molecule has 3 heteroatoms. The van der Waals surface area contributed by atoms with Crippen molar-refractivity contribution < 1.29 is 4.79 Å². The summed E-state index contributed by atoms with van der Waals surface area (Å²) in [7, 11) is 0. The Morgan fingerprint density at radius 2 is 2.20 bits per heavy atom. The van der Waals surface area contributed by atoms with Gasteiger partial charge in [-0.25, -0.2) is 0 Å². The van der Waals surface area contributed by atoms with E-state index in [4.69, 9.17) is 0 Å². The molecule has 0 aromatic heterocycles. The number of hydrogen-bond acceptors (Lipinski definition) is 2. The number of fused-ring (bicyclic) bond motifs is 1. The molecule has 2 fully saturated rings. The van der Waals surface area contributed by atoms with Crippen LogP contribution in [0.5, 0.6) is 0 Å². The maximum Gasteiger partial charge on any atom is 0.225 e. The standard InChI is InChI=1S/C12H22N2O/c1-4-11-10-6-13-5-9(10)7-14(11)12(15)8(2)3/h8-11,13H,4-7H2,1-3H3. The lowest BCUT2D eigenvalue weighted by Crippen LogP contribution is -2.41. The molecular weight excluding hydrogens is 188 g/mol. The monoisotopic (exact) mass is 210 g/mol. The Labute approximate surface area is 92.2 Å². The van der Waals surface area contributed by atoms with Crippen LogP contribution in [-0.2, 0) is 4.79 Å². The van der Waals surface area contributed by atoms with E-state index in [1.165, 1.54) is 0 Å². The molecule has 0 radical (unpaired) electrons. The molecule has 0 aliphatic carbocycles. The second-order valence-corrected chi connectivity index (χ2v) is 5.20. The number of likely N-dealkylation sites (tertiary alicyclic amines) is 1. The third-order valence-electron chi connectivity index (χ3n) is 3.91. The largest absolute Gasteiger partial charge is 0.339 e. The second kappa shape index (κ2) is 4.12. The average molecular weight is 210 g/mol. The lowest BCUT2D eigenvalue weighted by molar-refractivity contribution is -0.135. The van der Waals surface area contributed by atoms with Crippen molar-refractivity contribution in [2.45, 2.75) is 33.2 Å². The molecule has 2 rings (SSSR count).